The van der Waals surface area contributed by atoms with E-state index in [4.69, 9.17) is 4.42 Å². The number of benzene rings is 1. The number of anilines is 2. The molecule has 8 heteroatoms. The Hall–Kier alpha value is -3.26. The number of aryl methyl sites for hydroxylation is 1. The molecule has 2 aromatic heterocycles. The molecule has 0 aliphatic heterocycles. The minimum absolute atomic E-state index is 0.167. The second-order valence-electron chi connectivity index (χ2n) is 5.51. The Labute approximate surface area is 153 Å². The Kier molecular flexibility index (Phi) is 4.94. The van der Waals surface area contributed by atoms with Crippen molar-refractivity contribution in [1.82, 2.24) is 4.98 Å². The highest BCUT2D eigenvalue weighted by molar-refractivity contribution is 7.14. The van der Waals surface area contributed by atoms with Crippen LogP contribution in [0.15, 0.2) is 46.4 Å². The summed E-state index contributed by atoms with van der Waals surface area (Å²) in [5.41, 5.74) is 1.96. The molecule has 0 fully saturated rings. The molecule has 26 heavy (non-hydrogen) atoms. The van der Waals surface area contributed by atoms with Gasteiger partial charge in [-0.25, -0.2) is 4.98 Å². The van der Waals surface area contributed by atoms with E-state index < -0.39 is 5.91 Å². The second kappa shape index (κ2) is 7.32. The van der Waals surface area contributed by atoms with E-state index >= 15 is 0 Å². The fourth-order valence-corrected chi connectivity index (χ4v) is 2.90. The van der Waals surface area contributed by atoms with E-state index in [1.54, 1.807) is 35.7 Å². The molecule has 0 saturated carbocycles. The van der Waals surface area contributed by atoms with E-state index in [0.717, 1.165) is 5.56 Å². The molecule has 0 aliphatic rings. The highest BCUT2D eigenvalue weighted by Gasteiger charge is 2.14. The van der Waals surface area contributed by atoms with Gasteiger partial charge in [0.15, 0.2) is 16.7 Å². The van der Waals surface area contributed by atoms with Crippen molar-refractivity contribution >= 4 is 39.8 Å². The quantitative estimate of drug-likeness (QED) is 0.667. The zero-order valence-corrected chi connectivity index (χ0v) is 14.8. The van der Waals surface area contributed by atoms with Crippen molar-refractivity contribution in [1.29, 1.82) is 0 Å². The maximum Gasteiger partial charge on any atom is 0.291 e. The number of nitrogens with one attached hydrogen (secondary N) is 2. The molecule has 3 rings (SSSR count). The third kappa shape index (κ3) is 3.86. The summed E-state index contributed by atoms with van der Waals surface area (Å²) in [6, 6.07) is 8.12. The van der Waals surface area contributed by atoms with Crippen molar-refractivity contribution in [2.45, 2.75) is 13.8 Å². The first kappa shape index (κ1) is 17.6. The Bertz CT molecular complexity index is 976. The predicted molar refractivity (Wildman–Crippen MR) is 97.9 cm³/mol. The van der Waals surface area contributed by atoms with Gasteiger partial charge in [-0.3, -0.25) is 19.7 Å². The van der Waals surface area contributed by atoms with Crippen LogP contribution in [0.1, 0.15) is 43.9 Å². The number of hydrogen-bond donors (Lipinski definition) is 2. The van der Waals surface area contributed by atoms with Gasteiger partial charge in [-0.05, 0) is 36.8 Å². The number of amides is 2. The van der Waals surface area contributed by atoms with Crippen molar-refractivity contribution in [3.05, 3.63) is 64.6 Å². The lowest BCUT2D eigenvalue weighted by Crippen LogP contribution is -2.15. The van der Waals surface area contributed by atoms with Crippen molar-refractivity contribution in [2.75, 3.05) is 10.6 Å². The third-order valence-electron chi connectivity index (χ3n) is 3.58. The van der Waals surface area contributed by atoms with Crippen LogP contribution in [0.3, 0.4) is 0 Å². The van der Waals surface area contributed by atoms with Crippen LogP contribution in [-0.2, 0) is 0 Å². The van der Waals surface area contributed by atoms with E-state index in [9.17, 15) is 14.4 Å². The summed E-state index contributed by atoms with van der Waals surface area (Å²) < 4.78 is 5.06. The zero-order valence-electron chi connectivity index (χ0n) is 14.0. The lowest BCUT2D eigenvalue weighted by Gasteiger charge is -2.09. The molecule has 3 aromatic rings. The largest absolute Gasteiger partial charge is 0.459 e. The first-order valence-electron chi connectivity index (χ1n) is 7.67. The number of nitrogens with zero attached hydrogens (tertiary/aromatic N) is 1. The topological polar surface area (TPSA) is 101 Å². The molecular formula is C18H15N3O4S. The monoisotopic (exact) mass is 369 g/mol. The zero-order chi connectivity index (χ0) is 18.7. The number of thiazole rings is 1. The van der Waals surface area contributed by atoms with Crippen molar-refractivity contribution in [3.8, 4) is 0 Å². The van der Waals surface area contributed by atoms with Crippen molar-refractivity contribution in [3.63, 3.8) is 0 Å². The maximum absolute atomic E-state index is 12.4. The van der Waals surface area contributed by atoms with E-state index in [1.807, 2.05) is 6.92 Å². The van der Waals surface area contributed by atoms with Crippen LogP contribution in [0.5, 0.6) is 0 Å². The standard InChI is InChI=1S/C18H15N3O4S/c1-10-5-6-12(8-13(10)19-17(24)15-4-3-7-25-15)16(23)21-18-20-14(9-26-18)11(2)22/h3-9H,1-2H3,(H,19,24)(H,20,21,23). The summed E-state index contributed by atoms with van der Waals surface area (Å²) in [7, 11) is 0. The fourth-order valence-electron chi connectivity index (χ4n) is 2.15. The smallest absolute Gasteiger partial charge is 0.291 e. The molecule has 0 bridgehead atoms. The first-order valence-corrected chi connectivity index (χ1v) is 8.55. The molecule has 0 aliphatic carbocycles. The summed E-state index contributed by atoms with van der Waals surface area (Å²) in [5, 5.41) is 7.29. The van der Waals surface area contributed by atoms with Gasteiger partial charge in [0.2, 0.25) is 0 Å². The Balaban J connectivity index is 1.76. The number of carbonyl (C=O) groups excluding carboxylic acids is 3. The van der Waals surface area contributed by atoms with E-state index in [1.165, 1.54) is 24.5 Å². The molecule has 0 atom stereocenters. The van der Waals surface area contributed by atoms with Gasteiger partial charge in [-0.2, -0.15) is 0 Å². The molecule has 2 amide bonds. The molecule has 132 valence electrons. The average Bonchev–Trinajstić information content (AvgIpc) is 3.28. The molecule has 0 unspecified atom stereocenters. The van der Waals surface area contributed by atoms with Crippen LogP contribution < -0.4 is 10.6 Å². The summed E-state index contributed by atoms with van der Waals surface area (Å²) in [6.45, 7) is 3.23. The van der Waals surface area contributed by atoms with Gasteiger partial charge in [0, 0.05) is 23.6 Å². The average molecular weight is 369 g/mol. The van der Waals surface area contributed by atoms with Gasteiger partial charge in [-0.15, -0.1) is 11.3 Å². The number of ketones is 1. The normalized spacial score (nSPS) is 10.4. The van der Waals surface area contributed by atoms with Crippen LogP contribution in [-0.4, -0.2) is 22.6 Å². The van der Waals surface area contributed by atoms with Crippen LogP contribution in [0, 0.1) is 6.92 Å². The SMILES string of the molecule is CC(=O)c1csc(NC(=O)c2ccc(C)c(NC(=O)c3ccco3)c2)n1. The molecule has 1 aromatic carbocycles. The number of hydrogen-bond acceptors (Lipinski definition) is 6. The van der Waals surface area contributed by atoms with Gasteiger partial charge in [0.05, 0.1) is 6.26 Å². The van der Waals surface area contributed by atoms with E-state index in [0.29, 0.717) is 22.1 Å². The van der Waals surface area contributed by atoms with Gasteiger partial charge in [-0.1, -0.05) is 6.07 Å². The molecular weight excluding hydrogens is 354 g/mol. The number of Topliss-reactive ketones (excluding diaryl/α,β-unsaturated/α-hetero) is 1. The molecule has 7 nitrogen and oxygen atoms in total. The van der Waals surface area contributed by atoms with Gasteiger partial charge >= 0.3 is 0 Å². The predicted octanol–water partition coefficient (Wildman–Crippen LogP) is 3.75. The number of furan rings is 1. The molecule has 0 saturated heterocycles. The van der Waals surface area contributed by atoms with Crippen LogP contribution in [0.2, 0.25) is 0 Å². The van der Waals surface area contributed by atoms with E-state index in [-0.39, 0.29) is 17.5 Å². The highest BCUT2D eigenvalue weighted by atomic mass is 32.1. The van der Waals surface area contributed by atoms with Gasteiger partial charge < -0.3 is 9.73 Å². The molecule has 2 heterocycles. The number of aromatic nitrogens is 1. The summed E-state index contributed by atoms with van der Waals surface area (Å²) in [6.07, 6.45) is 1.41. The van der Waals surface area contributed by atoms with Crippen molar-refractivity contribution in [2.24, 2.45) is 0 Å². The third-order valence-corrected chi connectivity index (χ3v) is 4.34. The molecule has 2 N–H and O–H groups in total. The lowest BCUT2D eigenvalue weighted by molar-refractivity contribution is 0.0992. The van der Waals surface area contributed by atoms with Gasteiger partial charge in [0.25, 0.3) is 11.8 Å². The fraction of sp³-hybridized carbons (Fsp3) is 0.111. The summed E-state index contributed by atoms with van der Waals surface area (Å²) >= 11 is 1.17. The molecule has 0 spiro atoms. The number of rotatable bonds is 5. The summed E-state index contributed by atoms with van der Waals surface area (Å²) in [5.74, 6) is -0.775. The summed E-state index contributed by atoms with van der Waals surface area (Å²) in [4.78, 5) is 39.9. The Morgan fingerprint density at radius 3 is 2.58 bits per heavy atom. The highest BCUT2D eigenvalue weighted by Crippen LogP contribution is 2.21. The van der Waals surface area contributed by atoms with Crippen molar-refractivity contribution < 1.29 is 18.8 Å². The first-order chi connectivity index (χ1) is 12.4. The van der Waals surface area contributed by atoms with Gasteiger partial charge in [0.1, 0.15) is 5.69 Å². The minimum atomic E-state index is -0.401. The second-order valence-corrected chi connectivity index (χ2v) is 6.37. The van der Waals surface area contributed by atoms with Crippen LogP contribution in [0.25, 0.3) is 0 Å². The van der Waals surface area contributed by atoms with E-state index in [2.05, 4.69) is 15.6 Å². The van der Waals surface area contributed by atoms with Crippen LogP contribution in [0.4, 0.5) is 10.8 Å². The minimum Gasteiger partial charge on any atom is -0.459 e. The Morgan fingerprint density at radius 2 is 1.92 bits per heavy atom. The van der Waals surface area contributed by atoms with Crippen LogP contribution >= 0.6 is 11.3 Å². The maximum atomic E-state index is 12.4. The molecule has 0 radical (unpaired) electrons. The number of carbonyl (C=O) groups is 3. The Morgan fingerprint density at radius 1 is 1.12 bits per heavy atom. The lowest BCUT2D eigenvalue weighted by atomic mass is 10.1.